The lowest BCUT2D eigenvalue weighted by Crippen LogP contribution is -2.32. The molecule has 0 saturated heterocycles. The van der Waals surface area contributed by atoms with Crippen LogP contribution in [0.4, 0.5) is 0 Å². The fraction of sp³-hybridized carbons (Fsp3) is 0.304. The molecular formula is C23H21N2OS+. The van der Waals surface area contributed by atoms with Gasteiger partial charge in [0.25, 0.3) is 6.33 Å². The molecule has 6 rings (SSSR count). The lowest BCUT2D eigenvalue weighted by molar-refractivity contribution is -0.662. The Morgan fingerprint density at radius 2 is 2.00 bits per heavy atom. The number of fused-ring (bicyclic) bond motifs is 3. The van der Waals surface area contributed by atoms with Gasteiger partial charge in [-0.25, -0.2) is 4.57 Å². The molecule has 0 amide bonds. The van der Waals surface area contributed by atoms with Crippen molar-refractivity contribution in [1.82, 2.24) is 4.98 Å². The minimum Gasteiger partial charge on any atom is -0.454 e. The Morgan fingerprint density at radius 1 is 1.19 bits per heavy atom. The van der Waals surface area contributed by atoms with E-state index in [0.717, 1.165) is 16.3 Å². The van der Waals surface area contributed by atoms with E-state index in [0.29, 0.717) is 5.92 Å². The highest BCUT2D eigenvalue weighted by atomic mass is 32.1. The second kappa shape index (κ2) is 5.52. The van der Waals surface area contributed by atoms with Crippen LogP contribution < -0.4 is 9.30 Å². The van der Waals surface area contributed by atoms with Gasteiger partial charge < -0.3 is 4.74 Å². The molecule has 1 aliphatic carbocycles. The zero-order valence-electron chi connectivity index (χ0n) is 15.6. The van der Waals surface area contributed by atoms with Crippen LogP contribution in [-0.2, 0) is 7.05 Å². The van der Waals surface area contributed by atoms with E-state index in [2.05, 4.69) is 48.9 Å². The summed E-state index contributed by atoms with van der Waals surface area (Å²) in [4.78, 5) is 7.25. The molecule has 1 fully saturated rings. The average molecular weight is 374 g/mol. The van der Waals surface area contributed by atoms with Crippen molar-refractivity contribution in [3.63, 3.8) is 0 Å². The highest BCUT2D eigenvalue weighted by molar-refractivity contribution is 7.19. The molecule has 0 unspecified atom stereocenters. The maximum Gasteiger partial charge on any atom is 0.288 e. The third-order valence-electron chi connectivity index (χ3n) is 6.26. The molecule has 4 heteroatoms. The number of rotatable bonds is 1. The number of aryl methyl sites for hydroxylation is 2. The molecule has 2 aromatic heterocycles. The second-order valence-corrected chi connectivity index (χ2v) is 8.89. The van der Waals surface area contributed by atoms with E-state index in [9.17, 15) is 0 Å². The predicted octanol–water partition coefficient (Wildman–Crippen LogP) is 6.01. The summed E-state index contributed by atoms with van der Waals surface area (Å²) in [5.74, 6) is 2.68. The van der Waals surface area contributed by atoms with E-state index >= 15 is 0 Å². The summed E-state index contributed by atoms with van der Waals surface area (Å²) in [5, 5.41) is 3.74. The third-order valence-corrected chi connectivity index (χ3v) is 7.50. The van der Waals surface area contributed by atoms with Crippen LogP contribution in [0.25, 0.3) is 32.2 Å². The number of benzene rings is 2. The summed E-state index contributed by atoms with van der Waals surface area (Å²) in [5.41, 5.74) is 3.75. The summed E-state index contributed by atoms with van der Waals surface area (Å²) in [7, 11) is 2.10. The largest absolute Gasteiger partial charge is 0.454 e. The van der Waals surface area contributed by atoms with Gasteiger partial charge in [-0.05, 0) is 53.1 Å². The van der Waals surface area contributed by atoms with Gasteiger partial charge in [-0.3, -0.25) is 0 Å². The van der Waals surface area contributed by atoms with E-state index in [-0.39, 0.29) is 0 Å². The van der Waals surface area contributed by atoms with Gasteiger partial charge in [0.15, 0.2) is 11.4 Å². The Hall–Kier alpha value is -2.46. The molecule has 2 aliphatic rings. The summed E-state index contributed by atoms with van der Waals surface area (Å²) < 4.78 is 8.80. The standard InChI is InChI=1S/C23H21N2OS/c1-13-16-10-6-5-9-15(16)11-17-18(13)20-19-21(26-17)22(14-7-3-4-8-14)27-23(19)24-12-25(20)2/h5-6,9-12,14H,3-4,7-8H2,1-2H3/q+1. The van der Waals surface area contributed by atoms with Crippen molar-refractivity contribution in [3.8, 4) is 22.8 Å². The van der Waals surface area contributed by atoms with E-state index in [1.807, 2.05) is 17.7 Å². The van der Waals surface area contributed by atoms with Crippen LogP contribution in [0.5, 0.6) is 11.5 Å². The smallest absolute Gasteiger partial charge is 0.288 e. The lowest BCUT2D eigenvalue weighted by atomic mass is 9.93. The second-order valence-electron chi connectivity index (χ2n) is 7.86. The first kappa shape index (κ1) is 15.6. The summed E-state index contributed by atoms with van der Waals surface area (Å²) in [6.07, 6.45) is 7.15. The molecular weight excluding hydrogens is 352 g/mol. The minimum absolute atomic E-state index is 0.625. The fourth-order valence-electron chi connectivity index (χ4n) is 4.94. The summed E-state index contributed by atoms with van der Waals surface area (Å²) in [6.45, 7) is 2.21. The average Bonchev–Trinajstić information content (AvgIpc) is 3.32. The molecule has 3 nitrogen and oxygen atoms in total. The van der Waals surface area contributed by atoms with Crippen LogP contribution in [0.1, 0.15) is 42.0 Å². The lowest BCUT2D eigenvalue weighted by Gasteiger charge is -2.22. The van der Waals surface area contributed by atoms with Crippen molar-refractivity contribution in [3.05, 3.63) is 47.1 Å². The van der Waals surface area contributed by atoms with Crippen LogP contribution in [0.2, 0.25) is 0 Å². The van der Waals surface area contributed by atoms with Crippen LogP contribution >= 0.6 is 11.3 Å². The summed E-state index contributed by atoms with van der Waals surface area (Å²) >= 11 is 1.84. The molecule has 4 aromatic rings. The maximum atomic E-state index is 6.63. The van der Waals surface area contributed by atoms with Crippen molar-refractivity contribution in [2.24, 2.45) is 7.05 Å². The first-order valence-corrected chi connectivity index (χ1v) is 10.6. The molecule has 1 aliphatic heterocycles. The highest BCUT2D eigenvalue weighted by Crippen LogP contribution is 2.55. The van der Waals surface area contributed by atoms with Crippen LogP contribution in [0.15, 0.2) is 36.7 Å². The predicted molar refractivity (Wildman–Crippen MR) is 110 cm³/mol. The Bertz CT molecular complexity index is 1230. The Morgan fingerprint density at radius 3 is 2.85 bits per heavy atom. The molecule has 2 aromatic carbocycles. The van der Waals surface area contributed by atoms with E-state index in [1.165, 1.54) is 63.5 Å². The SMILES string of the molecule is Cc1c2c(cc3ccccc13)Oc1c(C3CCCC3)sc3nc[n+](C)c-2c13. The monoisotopic (exact) mass is 373 g/mol. The van der Waals surface area contributed by atoms with E-state index in [1.54, 1.807) is 0 Å². The van der Waals surface area contributed by atoms with Crippen molar-refractivity contribution < 1.29 is 9.30 Å². The normalized spacial score (nSPS) is 16.1. The van der Waals surface area contributed by atoms with Crippen LogP contribution in [0, 0.1) is 6.92 Å². The minimum atomic E-state index is 0.625. The number of nitrogens with zero attached hydrogens (tertiary/aromatic N) is 2. The zero-order chi connectivity index (χ0) is 18.1. The molecule has 0 spiro atoms. The van der Waals surface area contributed by atoms with Gasteiger partial charge in [-0.1, -0.05) is 48.4 Å². The van der Waals surface area contributed by atoms with Crippen molar-refractivity contribution in [1.29, 1.82) is 0 Å². The fourth-order valence-corrected chi connectivity index (χ4v) is 6.17. The first-order chi connectivity index (χ1) is 13.2. The molecule has 0 N–H and O–H groups in total. The molecule has 0 atom stereocenters. The first-order valence-electron chi connectivity index (χ1n) is 9.74. The Labute approximate surface area is 162 Å². The van der Waals surface area contributed by atoms with Crippen molar-refractivity contribution in [2.75, 3.05) is 0 Å². The zero-order valence-corrected chi connectivity index (χ0v) is 16.4. The third kappa shape index (κ3) is 2.08. The molecule has 27 heavy (non-hydrogen) atoms. The molecule has 134 valence electrons. The van der Waals surface area contributed by atoms with E-state index < -0.39 is 0 Å². The number of thiophene rings is 1. The Kier molecular flexibility index (Phi) is 3.19. The number of hydrogen-bond acceptors (Lipinski definition) is 3. The van der Waals surface area contributed by atoms with Crippen molar-refractivity contribution >= 4 is 32.3 Å². The van der Waals surface area contributed by atoms with Gasteiger partial charge in [0.05, 0.1) is 17.5 Å². The number of aromatic nitrogens is 2. The van der Waals surface area contributed by atoms with Gasteiger partial charge in [-0.15, -0.1) is 0 Å². The van der Waals surface area contributed by atoms with Gasteiger partial charge in [-0.2, -0.15) is 0 Å². The number of hydrogen-bond donors (Lipinski definition) is 0. The number of ether oxygens (including phenoxy) is 1. The molecule has 0 bridgehead atoms. The van der Waals surface area contributed by atoms with E-state index in [4.69, 9.17) is 9.72 Å². The van der Waals surface area contributed by atoms with Gasteiger partial charge in [0.2, 0.25) is 4.83 Å². The topological polar surface area (TPSA) is 26.0 Å². The molecule has 0 radical (unpaired) electrons. The highest BCUT2D eigenvalue weighted by Gasteiger charge is 2.35. The molecule has 1 saturated carbocycles. The maximum absolute atomic E-state index is 6.63. The van der Waals surface area contributed by atoms with Crippen LogP contribution in [0.3, 0.4) is 0 Å². The van der Waals surface area contributed by atoms with Gasteiger partial charge in [0.1, 0.15) is 11.1 Å². The quantitative estimate of drug-likeness (QED) is 0.336. The van der Waals surface area contributed by atoms with Gasteiger partial charge >= 0.3 is 0 Å². The van der Waals surface area contributed by atoms with Gasteiger partial charge in [0, 0.05) is 0 Å². The Balaban J connectivity index is 1.73. The van der Waals surface area contributed by atoms with Crippen molar-refractivity contribution in [2.45, 2.75) is 38.5 Å². The molecule has 3 heterocycles. The summed E-state index contributed by atoms with van der Waals surface area (Å²) in [6, 6.07) is 10.8. The van der Waals surface area contributed by atoms with Crippen LogP contribution in [-0.4, -0.2) is 4.98 Å².